The smallest absolute Gasteiger partial charge is 0.294 e. The molecule has 2 rings (SSSR count). The standard InChI is InChI=1S/C14H8ClF4NO/c15-13-9(5-6-12(20-13)14(17,18)19)11(21)7-8-3-1-2-4-10(8)16/h1-6H,7H2. The van der Waals surface area contributed by atoms with Crippen molar-refractivity contribution >= 4 is 17.4 Å². The van der Waals surface area contributed by atoms with Crippen molar-refractivity contribution < 1.29 is 22.4 Å². The number of alkyl halides is 3. The van der Waals surface area contributed by atoms with Crippen LogP contribution in [0.4, 0.5) is 17.6 Å². The Morgan fingerprint density at radius 2 is 1.81 bits per heavy atom. The van der Waals surface area contributed by atoms with Gasteiger partial charge in [0.25, 0.3) is 0 Å². The molecule has 0 radical (unpaired) electrons. The average Bonchev–Trinajstić information content (AvgIpc) is 2.40. The van der Waals surface area contributed by atoms with E-state index in [0.29, 0.717) is 6.07 Å². The fourth-order valence-corrected chi connectivity index (χ4v) is 1.97. The van der Waals surface area contributed by atoms with Gasteiger partial charge in [0.1, 0.15) is 16.7 Å². The van der Waals surface area contributed by atoms with Crippen LogP contribution in [0.2, 0.25) is 5.15 Å². The molecule has 0 bridgehead atoms. The van der Waals surface area contributed by atoms with E-state index in [2.05, 4.69) is 4.98 Å². The predicted octanol–water partition coefficient (Wildman–Crippen LogP) is 4.32. The monoisotopic (exact) mass is 317 g/mol. The first-order valence-electron chi connectivity index (χ1n) is 5.79. The molecule has 0 fully saturated rings. The lowest BCUT2D eigenvalue weighted by molar-refractivity contribution is -0.141. The van der Waals surface area contributed by atoms with Crippen molar-refractivity contribution in [3.05, 3.63) is 64.2 Å². The molecule has 0 aliphatic heterocycles. The molecule has 1 aromatic carbocycles. The van der Waals surface area contributed by atoms with E-state index in [0.717, 1.165) is 6.07 Å². The lowest BCUT2D eigenvalue weighted by atomic mass is 10.0. The molecule has 2 aromatic rings. The lowest BCUT2D eigenvalue weighted by Crippen LogP contribution is -2.11. The second kappa shape index (κ2) is 5.81. The zero-order chi connectivity index (χ0) is 15.6. The largest absolute Gasteiger partial charge is 0.433 e. The third kappa shape index (κ3) is 3.58. The highest BCUT2D eigenvalue weighted by Gasteiger charge is 2.33. The van der Waals surface area contributed by atoms with Crippen molar-refractivity contribution in [3.63, 3.8) is 0 Å². The number of hydrogen-bond acceptors (Lipinski definition) is 2. The number of carbonyl (C=O) groups excluding carboxylic acids is 1. The van der Waals surface area contributed by atoms with E-state index in [9.17, 15) is 22.4 Å². The van der Waals surface area contributed by atoms with E-state index >= 15 is 0 Å². The summed E-state index contributed by atoms with van der Waals surface area (Å²) in [6, 6.07) is 7.24. The third-order valence-electron chi connectivity index (χ3n) is 2.75. The van der Waals surface area contributed by atoms with Crippen molar-refractivity contribution in [1.29, 1.82) is 0 Å². The predicted molar refractivity (Wildman–Crippen MR) is 68.7 cm³/mol. The van der Waals surface area contributed by atoms with Crippen molar-refractivity contribution in [1.82, 2.24) is 4.98 Å². The van der Waals surface area contributed by atoms with Gasteiger partial charge >= 0.3 is 6.18 Å². The van der Waals surface area contributed by atoms with Gasteiger partial charge < -0.3 is 0 Å². The van der Waals surface area contributed by atoms with Gasteiger partial charge in [0.15, 0.2) is 5.78 Å². The summed E-state index contributed by atoms with van der Waals surface area (Å²) in [5.41, 5.74) is -1.22. The first kappa shape index (κ1) is 15.4. The summed E-state index contributed by atoms with van der Waals surface area (Å²) >= 11 is 5.61. The Morgan fingerprint density at radius 1 is 1.14 bits per heavy atom. The Bertz CT molecular complexity index is 685. The first-order valence-corrected chi connectivity index (χ1v) is 6.17. The van der Waals surface area contributed by atoms with Gasteiger partial charge in [-0.15, -0.1) is 0 Å². The number of rotatable bonds is 3. The normalized spacial score (nSPS) is 11.5. The molecule has 0 N–H and O–H groups in total. The van der Waals surface area contributed by atoms with Crippen LogP contribution in [0.1, 0.15) is 21.6 Å². The molecule has 0 amide bonds. The summed E-state index contributed by atoms with van der Waals surface area (Å²) in [4.78, 5) is 15.1. The number of aromatic nitrogens is 1. The zero-order valence-corrected chi connectivity index (χ0v) is 11.2. The van der Waals surface area contributed by atoms with E-state index in [-0.39, 0.29) is 17.5 Å². The van der Waals surface area contributed by atoms with E-state index < -0.39 is 28.6 Å². The van der Waals surface area contributed by atoms with Gasteiger partial charge in [0, 0.05) is 6.42 Å². The molecule has 0 aliphatic carbocycles. The van der Waals surface area contributed by atoms with Crippen molar-refractivity contribution in [2.24, 2.45) is 0 Å². The Kier molecular flexibility index (Phi) is 4.27. The average molecular weight is 318 g/mol. The summed E-state index contributed by atoms with van der Waals surface area (Å²) < 4.78 is 50.8. The SMILES string of the molecule is O=C(Cc1ccccc1F)c1ccc(C(F)(F)F)nc1Cl. The molecule has 0 atom stereocenters. The summed E-state index contributed by atoms with van der Waals surface area (Å²) in [6.07, 6.45) is -4.95. The summed E-state index contributed by atoms with van der Waals surface area (Å²) in [5.74, 6) is -1.17. The molecule has 110 valence electrons. The molecule has 0 unspecified atom stereocenters. The second-order valence-electron chi connectivity index (χ2n) is 4.22. The number of ketones is 1. The summed E-state index contributed by atoms with van der Waals surface area (Å²) in [5, 5.41) is -0.550. The number of nitrogens with zero attached hydrogens (tertiary/aromatic N) is 1. The fraction of sp³-hybridized carbons (Fsp3) is 0.143. The van der Waals surface area contributed by atoms with Gasteiger partial charge in [-0.05, 0) is 23.8 Å². The van der Waals surface area contributed by atoms with Gasteiger partial charge in [-0.3, -0.25) is 4.79 Å². The van der Waals surface area contributed by atoms with Gasteiger partial charge in [0.05, 0.1) is 5.56 Å². The maximum absolute atomic E-state index is 13.4. The molecular weight excluding hydrogens is 310 g/mol. The third-order valence-corrected chi connectivity index (χ3v) is 3.04. The quantitative estimate of drug-likeness (QED) is 0.479. The number of benzene rings is 1. The van der Waals surface area contributed by atoms with Gasteiger partial charge in [-0.1, -0.05) is 29.8 Å². The maximum Gasteiger partial charge on any atom is 0.433 e. The molecule has 21 heavy (non-hydrogen) atoms. The van der Waals surface area contributed by atoms with Crippen LogP contribution >= 0.6 is 11.6 Å². The van der Waals surface area contributed by atoms with Crippen LogP contribution in [0, 0.1) is 5.82 Å². The van der Waals surface area contributed by atoms with Crippen LogP contribution in [0.15, 0.2) is 36.4 Å². The van der Waals surface area contributed by atoms with Crippen molar-refractivity contribution in [3.8, 4) is 0 Å². The Morgan fingerprint density at radius 3 is 2.38 bits per heavy atom. The number of hydrogen-bond donors (Lipinski definition) is 0. The van der Waals surface area contributed by atoms with Crippen molar-refractivity contribution in [2.45, 2.75) is 12.6 Å². The molecule has 1 heterocycles. The highest BCUT2D eigenvalue weighted by atomic mass is 35.5. The topological polar surface area (TPSA) is 30.0 Å². The van der Waals surface area contributed by atoms with Gasteiger partial charge in [0.2, 0.25) is 0 Å². The minimum absolute atomic E-state index is 0.137. The molecule has 1 aromatic heterocycles. The molecule has 0 spiro atoms. The van der Waals surface area contributed by atoms with Crippen LogP contribution in [0.5, 0.6) is 0 Å². The zero-order valence-electron chi connectivity index (χ0n) is 10.4. The van der Waals surface area contributed by atoms with Crippen LogP contribution < -0.4 is 0 Å². The van der Waals surface area contributed by atoms with Gasteiger partial charge in [-0.25, -0.2) is 9.37 Å². The van der Waals surface area contributed by atoms with E-state index in [4.69, 9.17) is 11.6 Å². The number of pyridine rings is 1. The Hall–Kier alpha value is -1.95. The van der Waals surface area contributed by atoms with Crippen LogP contribution in [-0.4, -0.2) is 10.8 Å². The molecule has 2 nitrogen and oxygen atoms in total. The second-order valence-corrected chi connectivity index (χ2v) is 4.58. The van der Waals surface area contributed by atoms with Crippen molar-refractivity contribution in [2.75, 3.05) is 0 Å². The molecule has 0 saturated heterocycles. The first-order chi connectivity index (χ1) is 9.79. The molecular formula is C14H8ClF4NO. The molecule has 0 aliphatic rings. The van der Waals surface area contributed by atoms with E-state index in [1.807, 2.05) is 0 Å². The highest BCUT2D eigenvalue weighted by molar-refractivity contribution is 6.32. The Labute approximate surface area is 122 Å². The molecule has 7 heteroatoms. The summed E-state index contributed by atoms with van der Waals surface area (Å²) in [6.45, 7) is 0. The minimum atomic E-state index is -4.64. The maximum atomic E-state index is 13.4. The lowest BCUT2D eigenvalue weighted by Gasteiger charge is -2.08. The number of halogens is 5. The van der Waals surface area contributed by atoms with Crippen LogP contribution in [0.25, 0.3) is 0 Å². The number of Topliss-reactive ketones (excluding diaryl/α,β-unsaturated/α-hetero) is 1. The van der Waals surface area contributed by atoms with E-state index in [1.54, 1.807) is 6.07 Å². The van der Waals surface area contributed by atoms with Crippen LogP contribution in [-0.2, 0) is 12.6 Å². The number of carbonyl (C=O) groups is 1. The Balaban J connectivity index is 2.26. The minimum Gasteiger partial charge on any atom is -0.294 e. The summed E-state index contributed by atoms with van der Waals surface area (Å²) in [7, 11) is 0. The van der Waals surface area contributed by atoms with E-state index in [1.165, 1.54) is 18.2 Å². The van der Waals surface area contributed by atoms with Gasteiger partial charge in [-0.2, -0.15) is 13.2 Å². The fourth-order valence-electron chi connectivity index (χ4n) is 1.71. The van der Waals surface area contributed by atoms with Crippen LogP contribution in [0.3, 0.4) is 0 Å². The molecule has 0 saturated carbocycles. The highest BCUT2D eigenvalue weighted by Crippen LogP contribution is 2.29.